The van der Waals surface area contributed by atoms with Crippen LogP contribution in [0, 0.1) is 0 Å². The Hall–Kier alpha value is -2.69. The van der Waals surface area contributed by atoms with E-state index >= 15 is 0 Å². The summed E-state index contributed by atoms with van der Waals surface area (Å²) < 4.78 is 12.3. The predicted octanol–water partition coefficient (Wildman–Crippen LogP) is 2.68. The van der Waals surface area contributed by atoms with Gasteiger partial charge in [0.05, 0.1) is 26.3 Å². The molecule has 5 heteroatoms. The molecule has 0 aliphatic rings. The number of methoxy groups -OCH3 is 2. The lowest BCUT2D eigenvalue weighted by molar-refractivity contribution is 0.414. The van der Waals surface area contributed by atoms with Gasteiger partial charge in [-0.1, -0.05) is 12.1 Å². The van der Waals surface area contributed by atoms with Gasteiger partial charge >= 0.3 is 0 Å². The molecule has 21 heavy (non-hydrogen) atoms. The summed E-state index contributed by atoms with van der Waals surface area (Å²) in [6.45, 7) is 0.657. The highest BCUT2D eigenvalue weighted by Crippen LogP contribution is 2.26. The molecule has 0 saturated carbocycles. The minimum absolute atomic E-state index is 0.511. The Morgan fingerprint density at radius 2 is 1.67 bits per heavy atom. The zero-order chi connectivity index (χ0) is 14.8. The van der Waals surface area contributed by atoms with Gasteiger partial charge in [-0.15, -0.1) is 0 Å². The smallest absolute Gasteiger partial charge is 0.153 e. The third kappa shape index (κ3) is 2.50. The van der Waals surface area contributed by atoms with Crippen LogP contribution in [-0.4, -0.2) is 24.0 Å². The minimum atomic E-state index is 0.511. The first-order valence-corrected chi connectivity index (χ1v) is 6.64. The highest BCUT2D eigenvalue weighted by atomic mass is 16.5. The average molecular weight is 283 g/mol. The van der Waals surface area contributed by atoms with Crippen LogP contribution in [0.2, 0.25) is 0 Å². The molecule has 1 heterocycles. The van der Waals surface area contributed by atoms with E-state index in [1.54, 1.807) is 14.2 Å². The number of hydrogen-bond donors (Lipinski definition) is 1. The topological polar surface area (TPSA) is 62.3 Å². The number of rotatable bonds is 4. The molecule has 0 atom stereocenters. The highest BCUT2D eigenvalue weighted by Gasteiger charge is 2.09. The van der Waals surface area contributed by atoms with Crippen LogP contribution in [0.4, 0.5) is 5.82 Å². The maximum Gasteiger partial charge on any atom is 0.153 e. The molecule has 0 bridgehead atoms. The van der Waals surface area contributed by atoms with Gasteiger partial charge in [0.25, 0.3) is 0 Å². The van der Waals surface area contributed by atoms with Crippen LogP contribution >= 0.6 is 0 Å². The van der Waals surface area contributed by atoms with Crippen LogP contribution in [0.5, 0.6) is 11.5 Å². The van der Waals surface area contributed by atoms with Crippen molar-refractivity contribution in [1.82, 2.24) is 9.78 Å². The molecule has 0 spiro atoms. The molecular weight excluding hydrogens is 266 g/mol. The Morgan fingerprint density at radius 1 is 1.00 bits per heavy atom. The standard InChI is InChI=1S/C16H17N3O2/c1-20-12-5-3-11(4-6-12)10-19-15-8-7-13(21-2)9-14(15)16(17)18-19/h3-9H,10H2,1-2H3,(H2,17,18). The van der Waals surface area contributed by atoms with Gasteiger partial charge in [-0.25, -0.2) is 0 Å². The minimum Gasteiger partial charge on any atom is -0.497 e. The third-order valence-electron chi connectivity index (χ3n) is 3.48. The molecule has 0 amide bonds. The monoisotopic (exact) mass is 283 g/mol. The van der Waals surface area contributed by atoms with E-state index in [9.17, 15) is 0 Å². The predicted molar refractivity (Wildman–Crippen MR) is 82.8 cm³/mol. The number of nitrogens with two attached hydrogens (primary N) is 1. The molecule has 2 aromatic carbocycles. The van der Waals surface area contributed by atoms with Gasteiger partial charge < -0.3 is 15.2 Å². The lowest BCUT2D eigenvalue weighted by atomic mass is 10.2. The van der Waals surface area contributed by atoms with E-state index in [-0.39, 0.29) is 0 Å². The van der Waals surface area contributed by atoms with Crippen molar-refractivity contribution < 1.29 is 9.47 Å². The molecule has 0 aliphatic carbocycles. The average Bonchev–Trinajstić information content (AvgIpc) is 2.83. The maximum atomic E-state index is 5.99. The number of nitrogen functional groups attached to an aromatic ring is 1. The first-order valence-electron chi connectivity index (χ1n) is 6.64. The fourth-order valence-corrected chi connectivity index (χ4v) is 2.33. The van der Waals surface area contributed by atoms with Crippen molar-refractivity contribution in [3.8, 4) is 11.5 Å². The Balaban J connectivity index is 1.96. The van der Waals surface area contributed by atoms with Gasteiger partial charge in [-0.2, -0.15) is 5.10 Å². The van der Waals surface area contributed by atoms with Crippen LogP contribution in [-0.2, 0) is 6.54 Å². The lowest BCUT2D eigenvalue weighted by Gasteiger charge is -2.06. The van der Waals surface area contributed by atoms with E-state index < -0.39 is 0 Å². The molecule has 0 fully saturated rings. The number of benzene rings is 2. The Bertz CT molecular complexity index is 763. The second-order valence-corrected chi connectivity index (χ2v) is 4.77. The van der Waals surface area contributed by atoms with Crippen LogP contribution in [0.3, 0.4) is 0 Å². The molecule has 0 unspecified atom stereocenters. The second kappa shape index (κ2) is 5.36. The number of fused-ring (bicyclic) bond motifs is 1. The molecule has 0 aliphatic heterocycles. The van der Waals surface area contributed by atoms with E-state index in [1.165, 1.54) is 0 Å². The molecular formula is C16H17N3O2. The van der Waals surface area contributed by atoms with E-state index in [0.717, 1.165) is 28.0 Å². The van der Waals surface area contributed by atoms with Gasteiger partial charge in [0.15, 0.2) is 5.82 Å². The summed E-state index contributed by atoms with van der Waals surface area (Å²) in [5, 5.41) is 5.32. The number of nitrogens with zero attached hydrogens (tertiary/aromatic N) is 2. The summed E-state index contributed by atoms with van der Waals surface area (Å²) >= 11 is 0. The number of aromatic nitrogens is 2. The fraction of sp³-hybridized carbons (Fsp3) is 0.188. The maximum absolute atomic E-state index is 5.99. The van der Waals surface area contributed by atoms with Gasteiger partial charge in [0.1, 0.15) is 11.5 Å². The fourth-order valence-electron chi connectivity index (χ4n) is 2.33. The van der Waals surface area contributed by atoms with Crippen LogP contribution in [0.1, 0.15) is 5.56 Å². The number of hydrogen-bond acceptors (Lipinski definition) is 4. The molecule has 0 saturated heterocycles. The van der Waals surface area contributed by atoms with Crippen molar-refractivity contribution in [2.24, 2.45) is 0 Å². The first-order chi connectivity index (χ1) is 10.2. The number of anilines is 1. The summed E-state index contributed by atoms with van der Waals surface area (Å²) in [5.41, 5.74) is 8.12. The Labute approximate surface area is 122 Å². The Kier molecular flexibility index (Phi) is 3.39. The molecule has 2 N–H and O–H groups in total. The van der Waals surface area contributed by atoms with Crippen LogP contribution in [0.15, 0.2) is 42.5 Å². The third-order valence-corrected chi connectivity index (χ3v) is 3.48. The van der Waals surface area contributed by atoms with Crippen LogP contribution in [0.25, 0.3) is 10.9 Å². The zero-order valence-corrected chi connectivity index (χ0v) is 12.0. The summed E-state index contributed by atoms with van der Waals surface area (Å²) in [7, 11) is 3.29. The van der Waals surface area contributed by atoms with Crippen LogP contribution < -0.4 is 15.2 Å². The normalized spacial score (nSPS) is 10.8. The number of ether oxygens (including phenoxy) is 2. The summed E-state index contributed by atoms with van der Waals surface area (Å²) in [6.07, 6.45) is 0. The van der Waals surface area contributed by atoms with E-state index in [4.69, 9.17) is 15.2 Å². The van der Waals surface area contributed by atoms with Crippen molar-refractivity contribution in [3.63, 3.8) is 0 Å². The molecule has 3 rings (SSSR count). The lowest BCUT2D eigenvalue weighted by Crippen LogP contribution is -2.02. The van der Waals surface area contributed by atoms with Crippen molar-refractivity contribution in [1.29, 1.82) is 0 Å². The molecule has 0 radical (unpaired) electrons. The second-order valence-electron chi connectivity index (χ2n) is 4.77. The largest absolute Gasteiger partial charge is 0.497 e. The van der Waals surface area contributed by atoms with Crippen molar-refractivity contribution in [2.45, 2.75) is 6.54 Å². The van der Waals surface area contributed by atoms with Gasteiger partial charge in [0, 0.05) is 5.39 Å². The first kappa shape index (κ1) is 13.3. The Morgan fingerprint density at radius 3 is 2.33 bits per heavy atom. The van der Waals surface area contributed by atoms with Gasteiger partial charge in [0.2, 0.25) is 0 Å². The molecule has 3 aromatic rings. The SMILES string of the molecule is COc1ccc(Cn2nc(N)c3cc(OC)ccc32)cc1. The zero-order valence-electron chi connectivity index (χ0n) is 12.0. The van der Waals surface area contributed by atoms with Crippen molar-refractivity contribution in [3.05, 3.63) is 48.0 Å². The van der Waals surface area contributed by atoms with E-state index in [2.05, 4.69) is 5.10 Å². The molecule has 108 valence electrons. The summed E-state index contributed by atoms with van der Waals surface area (Å²) in [4.78, 5) is 0. The van der Waals surface area contributed by atoms with Crippen molar-refractivity contribution in [2.75, 3.05) is 20.0 Å². The van der Waals surface area contributed by atoms with Gasteiger partial charge in [-0.3, -0.25) is 4.68 Å². The van der Waals surface area contributed by atoms with E-state index in [1.807, 2.05) is 47.1 Å². The molecule has 5 nitrogen and oxygen atoms in total. The summed E-state index contributed by atoms with van der Waals surface area (Å²) in [5.74, 6) is 2.13. The molecule has 1 aromatic heterocycles. The van der Waals surface area contributed by atoms with E-state index in [0.29, 0.717) is 12.4 Å². The quantitative estimate of drug-likeness (QED) is 0.799. The van der Waals surface area contributed by atoms with Crippen molar-refractivity contribution >= 4 is 16.7 Å². The highest BCUT2D eigenvalue weighted by molar-refractivity contribution is 5.90. The summed E-state index contributed by atoms with van der Waals surface area (Å²) in [6, 6.07) is 13.7. The van der Waals surface area contributed by atoms with Gasteiger partial charge in [-0.05, 0) is 35.9 Å².